The second-order valence-corrected chi connectivity index (χ2v) is 4.65. The van der Waals surface area contributed by atoms with Crippen LogP contribution in [-0.4, -0.2) is 16.7 Å². The normalized spacial score (nSPS) is 13.1. The van der Waals surface area contributed by atoms with Gasteiger partial charge in [0.2, 0.25) is 0 Å². The third-order valence-corrected chi connectivity index (χ3v) is 3.47. The number of fused-ring (bicyclic) bond motifs is 2. The molecule has 94 valence electrons. The number of phenols is 1. The maximum absolute atomic E-state index is 12.4. The van der Waals surface area contributed by atoms with Crippen LogP contribution in [0.25, 0.3) is 0 Å². The van der Waals surface area contributed by atoms with Crippen molar-refractivity contribution in [3.05, 3.63) is 57.6 Å². The summed E-state index contributed by atoms with van der Waals surface area (Å²) in [5.41, 5.74) is 6.27. The van der Waals surface area contributed by atoms with Crippen LogP contribution in [0.15, 0.2) is 30.3 Å². The van der Waals surface area contributed by atoms with Gasteiger partial charge in [-0.15, -0.1) is 0 Å². The number of halogens is 1. The molecule has 5 heteroatoms. The molecule has 0 heterocycles. The predicted molar refractivity (Wildman–Crippen MR) is 70.8 cm³/mol. The number of rotatable bonds is 0. The van der Waals surface area contributed by atoms with E-state index in [-0.39, 0.29) is 38.7 Å². The van der Waals surface area contributed by atoms with Gasteiger partial charge in [0.1, 0.15) is 5.75 Å². The molecule has 1 aliphatic rings. The molecule has 1 aliphatic carbocycles. The molecule has 0 radical (unpaired) electrons. The number of aromatic hydroxyl groups is 1. The van der Waals surface area contributed by atoms with E-state index in [2.05, 4.69) is 0 Å². The third kappa shape index (κ3) is 1.47. The molecule has 0 bridgehead atoms. The van der Waals surface area contributed by atoms with Crippen molar-refractivity contribution in [3.8, 4) is 5.75 Å². The lowest BCUT2D eigenvalue weighted by Crippen LogP contribution is -2.22. The van der Waals surface area contributed by atoms with Gasteiger partial charge < -0.3 is 10.8 Å². The standard InChI is InChI=1S/C14H8ClNO3/c15-7-4-5-9(17)12-11(7)14(19)10-6(13(12)18)2-1-3-8(10)16/h1-5,17H,16H2. The molecule has 0 amide bonds. The molecule has 2 aromatic rings. The summed E-state index contributed by atoms with van der Waals surface area (Å²) in [6, 6.07) is 7.32. The zero-order chi connectivity index (χ0) is 13.7. The fourth-order valence-corrected chi connectivity index (χ4v) is 2.53. The van der Waals surface area contributed by atoms with E-state index in [1.54, 1.807) is 12.1 Å². The van der Waals surface area contributed by atoms with Gasteiger partial charge in [-0.05, 0) is 18.2 Å². The van der Waals surface area contributed by atoms with Gasteiger partial charge in [-0.2, -0.15) is 0 Å². The Kier molecular flexibility index (Phi) is 2.37. The van der Waals surface area contributed by atoms with E-state index < -0.39 is 11.6 Å². The van der Waals surface area contributed by atoms with Gasteiger partial charge in [0.25, 0.3) is 0 Å². The van der Waals surface area contributed by atoms with Crippen LogP contribution in [-0.2, 0) is 0 Å². The molecule has 3 rings (SSSR count). The first-order chi connectivity index (χ1) is 9.02. The number of carbonyl (C=O) groups is 2. The lowest BCUT2D eigenvalue weighted by atomic mass is 9.83. The first kappa shape index (κ1) is 11.7. The lowest BCUT2D eigenvalue weighted by molar-refractivity contribution is 0.0977. The number of benzene rings is 2. The van der Waals surface area contributed by atoms with E-state index in [0.29, 0.717) is 0 Å². The Morgan fingerprint density at radius 1 is 0.947 bits per heavy atom. The number of carbonyl (C=O) groups excluding carboxylic acids is 2. The third-order valence-electron chi connectivity index (χ3n) is 3.15. The number of phenolic OH excluding ortho intramolecular Hbond substituents is 1. The fraction of sp³-hybridized carbons (Fsp3) is 0. The van der Waals surface area contributed by atoms with Gasteiger partial charge in [0.15, 0.2) is 11.6 Å². The van der Waals surface area contributed by atoms with Crippen molar-refractivity contribution in [1.29, 1.82) is 0 Å². The molecule has 19 heavy (non-hydrogen) atoms. The Hall–Kier alpha value is -2.33. The molecule has 0 aromatic heterocycles. The summed E-state index contributed by atoms with van der Waals surface area (Å²) in [4.78, 5) is 24.8. The summed E-state index contributed by atoms with van der Waals surface area (Å²) < 4.78 is 0. The van der Waals surface area contributed by atoms with Crippen LogP contribution in [0.2, 0.25) is 5.02 Å². The maximum Gasteiger partial charge on any atom is 0.198 e. The molecule has 0 spiro atoms. The molecule has 0 saturated heterocycles. The summed E-state index contributed by atoms with van der Waals surface area (Å²) in [5, 5.41) is 9.93. The average Bonchev–Trinajstić information content (AvgIpc) is 2.38. The molecular formula is C14H8ClNO3. The van der Waals surface area contributed by atoms with Crippen LogP contribution < -0.4 is 5.73 Å². The second-order valence-electron chi connectivity index (χ2n) is 4.24. The van der Waals surface area contributed by atoms with E-state index >= 15 is 0 Å². The molecule has 0 unspecified atom stereocenters. The summed E-state index contributed by atoms with van der Waals surface area (Å²) in [7, 11) is 0. The highest BCUT2D eigenvalue weighted by atomic mass is 35.5. The van der Waals surface area contributed by atoms with E-state index in [1.807, 2.05) is 0 Å². The Balaban J connectivity index is 2.43. The molecule has 0 aliphatic heterocycles. The van der Waals surface area contributed by atoms with Gasteiger partial charge in [0.05, 0.1) is 21.7 Å². The van der Waals surface area contributed by atoms with Crippen LogP contribution in [0.4, 0.5) is 5.69 Å². The van der Waals surface area contributed by atoms with Crippen LogP contribution >= 0.6 is 11.6 Å². The summed E-state index contributed by atoms with van der Waals surface area (Å²) in [6.07, 6.45) is 0. The molecule has 0 fully saturated rings. The Bertz CT molecular complexity index is 753. The highest BCUT2D eigenvalue weighted by Gasteiger charge is 2.34. The van der Waals surface area contributed by atoms with Crippen LogP contribution in [0.1, 0.15) is 31.8 Å². The van der Waals surface area contributed by atoms with Crippen LogP contribution in [0.3, 0.4) is 0 Å². The number of hydrogen-bond donors (Lipinski definition) is 2. The molecule has 0 atom stereocenters. The number of ketones is 2. The second kappa shape index (κ2) is 3.83. The van der Waals surface area contributed by atoms with Gasteiger partial charge >= 0.3 is 0 Å². The number of hydrogen-bond acceptors (Lipinski definition) is 4. The van der Waals surface area contributed by atoms with Gasteiger partial charge in [-0.25, -0.2) is 0 Å². The largest absolute Gasteiger partial charge is 0.507 e. The van der Waals surface area contributed by atoms with E-state index in [0.717, 1.165) is 0 Å². The molecular weight excluding hydrogens is 266 g/mol. The first-order valence-corrected chi connectivity index (χ1v) is 5.89. The topological polar surface area (TPSA) is 80.4 Å². The van der Waals surface area contributed by atoms with E-state index in [9.17, 15) is 14.7 Å². The van der Waals surface area contributed by atoms with Gasteiger partial charge in [-0.3, -0.25) is 9.59 Å². The van der Waals surface area contributed by atoms with Crippen molar-refractivity contribution in [3.63, 3.8) is 0 Å². The molecule has 4 nitrogen and oxygen atoms in total. The zero-order valence-electron chi connectivity index (χ0n) is 9.61. The van der Waals surface area contributed by atoms with E-state index in [1.165, 1.54) is 18.2 Å². The quantitative estimate of drug-likeness (QED) is 0.616. The minimum absolute atomic E-state index is 0.0112. The monoisotopic (exact) mass is 273 g/mol. The van der Waals surface area contributed by atoms with E-state index in [4.69, 9.17) is 17.3 Å². The maximum atomic E-state index is 12.4. The van der Waals surface area contributed by atoms with Crippen LogP contribution in [0, 0.1) is 0 Å². The van der Waals surface area contributed by atoms with Crippen molar-refractivity contribution in [2.45, 2.75) is 0 Å². The SMILES string of the molecule is Nc1cccc2c1C(=O)c1c(Cl)ccc(O)c1C2=O. The zero-order valence-corrected chi connectivity index (χ0v) is 10.4. The minimum atomic E-state index is -0.447. The minimum Gasteiger partial charge on any atom is -0.507 e. The summed E-state index contributed by atoms with van der Waals surface area (Å²) in [6.45, 7) is 0. The molecule has 0 saturated carbocycles. The van der Waals surface area contributed by atoms with Crippen molar-refractivity contribution >= 4 is 28.9 Å². The predicted octanol–water partition coefficient (Wildman–Crippen LogP) is 2.40. The average molecular weight is 274 g/mol. The van der Waals surface area contributed by atoms with Crippen molar-refractivity contribution in [1.82, 2.24) is 0 Å². The smallest absolute Gasteiger partial charge is 0.198 e. The highest BCUT2D eigenvalue weighted by Crippen LogP contribution is 2.38. The number of nitrogens with two attached hydrogens (primary N) is 1. The lowest BCUT2D eigenvalue weighted by Gasteiger charge is -2.20. The highest BCUT2D eigenvalue weighted by molar-refractivity contribution is 6.40. The Labute approximate surface area is 113 Å². The first-order valence-electron chi connectivity index (χ1n) is 5.51. The van der Waals surface area contributed by atoms with Crippen LogP contribution in [0.5, 0.6) is 5.75 Å². The molecule has 2 aromatic carbocycles. The Morgan fingerprint density at radius 2 is 1.68 bits per heavy atom. The Morgan fingerprint density at radius 3 is 2.42 bits per heavy atom. The van der Waals surface area contributed by atoms with Gasteiger partial charge in [-0.1, -0.05) is 23.7 Å². The van der Waals surface area contributed by atoms with Crippen molar-refractivity contribution < 1.29 is 14.7 Å². The summed E-state index contributed by atoms with van der Waals surface area (Å²) >= 11 is 5.97. The number of anilines is 1. The fourth-order valence-electron chi connectivity index (χ4n) is 2.29. The number of nitrogen functional groups attached to an aromatic ring is 1. The van der Waals surface area contributed by atoms with Gasteiger partial charge in [0, 0.05) is 11.3 Å². The summed E-state index contributed by atoms with van der Waals surface area (Å²) in [5.74, 6) is -1.15. The van der Waals surface area contributed by atoms with Crippen molar-refractivity contribution in [2.75, 3.05) is 5.73 Å². The van der Waals surface area contributed by atoms with Crippen molar-refractivity contribution in [2.24, 2.45) is 0 Å². The molecule has 3 N–H and O–H groups in total.